The lowest BCUT2D eigenvalue weighted by Gasteiger charge is -2.33. The summed E-state index contributed by atoms with van der Waals surface area (Å²) in [5.74, 6) is 0.882. The standard InChI is InChI=1S/C15H23N3O2S/c1-3-16-15(17-10-12-6-9-21-11-12)18-7-4-13(5-8-18)14(19)20-2/h6,9,11,13H,3-5,7-8,10H2,1-2H3,(H,16,17). The molecule has 1 aromatic rings. The number of rotatable bonds is 4. The van der Waals surface area contributed by atoms with Crippen molar-refractivity contribution in [2.75, 3.05) is 26.7 Å². The number of carbonyl (C=O) groups excluding carboxylic acids is 1. The highest BCUT2D eigenvalue weighted by atomic mass is 32.1. The molecule has 0 saturated carbocycles. The highest BCUT2D eigenvalue weighted by molar-refractivity contribution is 7.07. The summed E-state index contributed by atoms with van der Waals surface area (Å²) in [4.78, 5) is 18.5. The van der Waals surface area contributed by atoms with Crippen molar-refractivity contribution in [3.63, 3.8) is 0 Å². The molecule has 2 rings (SSSR count). The summed E-state index contributed by atoms with van der Waals surface area (Å²) < 4.78 is 4.83. The molecule has 116 valence electrons. The Morgan fingerprint density at radius 2 is 2.29 bits per heavy atom. The minimum absolute atomic E-state index is 0.0333. The minimum Gasteiger partial charge on any atom is -0.469 e. The lowest BCUT2D eigenvalue weighted by molar-refractivity contribution is -0.146. The van der Waals surface area contributed by atoms with Crippen LogP contribution < -0.4 is 5.32 Å². The molecule has 5 nitrogen and oxygen atoms in total. The number of nitrogens with zero attached hydrogens (tertiary/aromatic N) is 2. The minimum atomic E-state index is -0.0881. The van der Waals surface area contributed by atoms with Crippen molar-refractivity contribution in [3.8, 4) is 0 Å². The number of nitrogens with one attached hydrogen (secondary N) is 1. The van der Waals surface area contributed by atoms with E-state index in [0.29, 0.717) is 6.54 Å². The highest BCUT2D eigenvalue weighted by Gasteiger charge is 2.26. The van der Waals surface area contributed by atoms with E-state index < -0.39 is 0 Å². The fourth-order valence-electron chi connectivity index (χ4n) is 2.47. The maximum absolute atomic E-state index is 11.6. The van der Waals surface area contributed by atoms with Gasteiger partial charge in [0.15, 0.2) is 5.96 Å². The number of likely N-dealkylation sites (tertiary alicyclic amines) is 1. The number of hydrogen-bond donors (Lipinski definition) is 1. The lowest BCUT2D eigenvalue weighted by atomic mass is 9.97. The first-order valence-electron chi connectivity index (χ1n) is 7.36. The Kier molecular flexibility index (Phi) is 6.04. The molecule has 0 aliphatic carbocycles. The van der Waals surface area contributed by atoms with Crippen molar-refractivity contribution < 1.29 is 9.53 Å². The van der Waals surface area contributed by atoms with Gasteiger partial charge in [-0.1, -0.05) is 0 Å². The molecule has 1 saturated heterocycles. The van der Waals surface area contributed by atoms with Crippen LogP contribution in [0.25, 0.3) is 0 Å². The topological polar surface area (TPSA) is 53.9 Å². The highest BCUT2D eigenvalue weighted by Crippen LogP contribution is 2.18. The van der Waals surface area contributed by atoms with E-state index in [4.69, 9.17) is 9.73 Å². The van der Waals surface area contributed by atoms with Crippen LogP contribution in [0.4, 0.5) is 0 Å². The SMILES string of the molecule is CCNC(=NCc1ccsc1)N1CCC(C(=O)OC)CC1. The fraction of sp³-hybridized carbons (Fsp3) is 0.600. The van der Waals surface area contributed by atoms with Gasteiger partial charge in [-0.3, -0.25) is 4.79 Å². The Morgan fingerprint density at radius 3 is 2.86 bits per heavy atom. The third-order valence-corrected chi connectivity index (χ3v) is 4.39. The number of piperidine rings is 1. The van der Waals surface area contributed by atoms with Crippen LogP contribution in [0, 0.1) is 5.92 Å². The van der Waals surface area contributed by atoms with Crippen LogP contribution in [-0.4, -0.2) is 43.6 Å². The fourth-order valence-corrected chi connectivity index (χ4v) is 3.13. The van der Waals surface area contributed by atoms with Gasteiger partial charge in [0.2, 0.25) is 0 Å². The third kappa shape index (κ3) is 4.46. The zero-order chi connectivity index (χ0) is 15.1. The Morgan fingerprint density at radius 1 is 1.52 bits per heavy atom. The van der Waals surface area contributed by atoms with Gasteiger partial charge in [-0.25, -0.2) is 4.99 Å². The smallest absolute Gasteiger partial charge is 0.308 e. The van der Waals surface area contributed by atoms with Crippen LogP contribution in [-0.2, 0) is 16.1 Å². The third-order valence-electron chi connectivity index (χ3n) is 3.66. The van der Waals surface area contributed by atoms with E-state index in [-0.39, 0.29) is 11.9 Å². The van der Waals surface area contributed by atoms with Gasteiger partial charge in [-0.05, 0) is 42.2 Å². The van der Waals surface area contributed by atoms with E-state index in [1.807, 2.05) is 0 Å². The van der Waals surface area contributed by atoms with Crippen LogP contribution in [0.3, 0.4) is 0 Å². The van der Waals surface area contributed by atoms with E-state index in [1.165, 1.54) is 12.7 Å². The first-order chi connectivity index (χ1) is 10.2. The average molecular weight is 309 g/mol. The molecule has 1 fully saturated rings. The molecule has 0 atom stereocenters. The Hall–Kier alpha value is -1.56. The number of esters is 1. The number of thiophene rings is 1. The van der Waals surface area contributed by atoms with E-state index in [9.17, 15) is 4.79 Å². The van der Waals surface area contributed by atoms with E-state index in [1.54, 1.807) is 11.3 Å². The summed E-state index contributed by atoms with van der Waals surface area (Å²) in [7, 11) is 1.46. The van der Waals surface area contributed by atoms with Gasteiger partial charge in [-0.2, -0.15) is 11.3 Å². The molecule has 1 aliphatic rings. The number of guanidine groups is 1. The Labute approximate surface area is 130 Å². The molecule has 21 heavy (non-hydrogen) atoms. The first kappa shape index (κ1) is 15.8. The molecular formula is C15H23N3O2S. The van der Waals surface area contributed by atoms with Crippen molar-refractivity contribution in [2.45, 2.75) is 26.3 Å². The van der Waals surface area contributed by atoms with Crippen LogP contribution >= 0.6 is 11.3 Å². The zero-order valence-corrected chi connectivity index (χ0v) is 13.5. The number of hydrogen-bond acceptors (Lipinski definition) is 4. The molecular weight excluding hydrogens is 286 g/mol. The number of aliphatic imine (C=N–C) groups is 1. The van der Waals surface area contributed by atoms with E-state index in [2.05, 4.69) is 34.0 Å². The second-order valence-electron chi connectivity index (χ2n) is 5.09. The Balaban J connectivity index is 1.93. The molecule has 2 heterocycles. The lowest BCUT2D eigenvalue weighted by Crippen LogP contribution is -2.46. The van der Waals surface area contributed by atoms with Crippen molar-refractivity contribution in [2.24, 2.45) is 10.9 Å². The van der Waals surface area contributed by atoms with E-state index in [0.717, 1.165) is 38.4 Å². The first-order valence-corrected chi connectivity index (χ1v) is 8.31. The number of carbonyl (C=O) groups is 1. The van der Waals surface area contributed by atoms with Crippen molar-refractivity contribution in [3.05, 3.63) is 22.4 Å². The predicted octanol–water partition coefficient (Wildman–Crippen LogP) is 2.10. The van der Waals surface area contributed by atoms with Crippen LogP contribution in [0.2, 0.25) is 0 Å². The molecule has 6 heteroatoms. The monoisotopic (exact) mass is 309 g/mol. The molecule has 0 unspecified atom stereocenters. The summed E-state index contributed by atoms with van der Waals surface area (Å²) in [6.45, 7) is 5.30. The molecule has 0 radical (unpaired) electrons. The molecule has 1 aromatic heterocycles. The van der Waals surface area contributed by atoms with Gasteiger partial charge in [0.1, 0.15) is 0 Å². The normalized spacial score (nSPS) is 16.9. The average Bonchev–Trinajstić information content (AvgIpc) is 3.04. The second-order valence-corrected chi connectivity index (χ2v) is 5.87. The zero-order valence-electron chi connectivity index (χ0n) is 12.7. The molecule has 0 bridgehead atoms. The molecule has 1 N–H and O–H groups in total. The van der Waals surface area contributed by atoms with Crippen molar-refractivity contribution >= 4 is 23.3 Å². The molecule has 1 aliphatic heterocycles. The van der Waals surface area contributed by atoms with Crippen LogP contribution in [0.5, 0.6) is 0 Å². The number of ether oxygens (including phenoxy) is 1. The van der Waals surface area contributed by atoms with Crippen LogP contribution in [0.15, 0.2) is 21.8 Å². The van der Waals surface area contributed by atoms with Crippen molar-refractivity contribution in [1.82, 2.24) is 10.2 Å². The van der Waals surface area contributed by atoms with Gasteiger partial charge in [0.25, 0.3) is 0 Å². The maximum Gasteiger partial charge on any atom is 0.308 e. The number of methoxy groups -OCH3 is 1. The largest absolute Gasteiger partial charge is 0.469 e. The van der Waals surface area contributed by atoms with Crippen molar-refractivity contribution in [1.29, 1.82) is 0 Å². The van der Waals surface area contributed by atoms with Gasteiger partial charge in [-0.15, -0.1) is 0 Å². The molecule has 0 spiro atoms. The second kappa shape index (κ2) is 8.02. The Bertz CT molecular complexity index is 465. The van der Waals surface area contributed by atoms with Crippen LogP contribution in [0.1, 0.15) is 25.3 Å². The quantitative estimate of drug-likeness (QED) is 0.526. The predicted molar refractivity (Wildman–Crippen MR) is 85.4 cm³/mol. The molecule has 0 aromatic carbocycles. The summed E-state index contributed by atoms with van der Waals surface area (Å²) in [6, 6.07) is 2.10. The van der Waals surface area contributed by atoms with Gasteiger partial charge < -0.3 is 15.0 Å². The van der Waals surface area contributed by atoms with Gasteiger partial charge >= 0.3 is 5.97 Å². The molecule has 0 amide bonds. The summed E-state index contributed by atoms with van der Waals surface area (Å²) >= 11 is 1.69. The van der Waals surface area contributed by atoms with Gasteiger partial charge in [0, 0.05) is 19.6 Å². The van der Waals surface area contributed by atoms with Gasteiger partial charge in [0.05, 0.1) is 19.6 Å². The summed E-state index contributed by atoms with van der Waals surface area (Å²) in [6.07, 6.45) is 1.66. The summed E-state index contributed by atoms with van der Waals surface area (Å²) in [5, 5.41) is 7.53. The van der Waals surface area contributed by atoms with E-state index >= 15 is 0 Å². The summed E-state index contributed by atoms with van der Waals surface area (Å²) in [5.41, 5.74) is 1.24. The maximum atomic E-state index is 11.6.